The molecule has 4 aromatic heterocycles. The van der Waals surface area contributed by atoms with Gasteiger partial charge in [0.05, 0.1) is 34.4 Å². The fourth-order valence-electron chi connectivity index (χ4n) is 5.63. The standard InChI is InChI=1S/C32H26FN5O6S/c1-34-32(40)29-20-13-19(22-8-9-26-30(35-22)25-14-18-21(33)6-5-7-23(18)38(25)16-43-26)24(37(3)45(4,41)42)15-27(20)44-31(29)17-10-11-36(2)28(39)12-17/h5-15H,16H2,1-4H3,(H,34,40). The molecule has 6 aromatic rings. The summed E-state index contributed by atoms with van der Waals surface area (Å²) in [4.78, 5) is 30.6. The lowest BCUT2D eigenvalue weighted by atomic mass is 10.0. The molecule has 0 aliphatic carbocycles. The number of amides is 1. The lowest BCUT2D eigenvalue weighted by Crippen LogP contribution is -2.25. The number of carbonyl (C=O) groups is 1. The van der Waals surface area contributed by atoms with E-state index >= 15 is 0 Å². The topological polar surface area (TPSA) is 129 Å². The number of benzene rings is 2. The number of pyridine rings is 2. The van der Waals surface area contributed by atoms with Gasteiger partial charge in [0, 0.05) is 61.4 Å². The SMILES string of the molecule is CNC(=O)c1c(-c2ccn(C)c(=O)c2)oc2cc(N(C)S(C)(=O)=O)c(-c3ccc4c(n3)-c3cc5c(F)cccc5n3CO4)cc12. The highest BCUT2D eigenvalue weighted by Crippen LogP contribution is 2.43. The van der Waals surface area contributed by atoms with Gasteiger partial charge in [-0.05, 0) is 42.5 Å². The third-order valence-corrected chi connectivity index (χ3v) is 9.27. The Bertz CT molecular complexity index is 2390. The normalized spacial score (nSPS) is 12.6. The van der Waals surface area contributed by atoms with Gasteiger partial charge < -0.3 is 23.6 Å². The Morgan fingerprint density at radius 1 is 1.09 bits per heavy atom. The number of sulfonamides is 1. The summed E-state index contributed by atoms with van der Waals surface area (Å²) in [5.41, 5.74) is 3.24. The number of anilines is 1. The van der Waals surface area contributed by atoms with Crippen molar-refractivity contribution in [3.8, 4) is 39.7 Å². The second kappa shape index (κ2) is 10.1. The first-order valence-electron chi connectivity index (χ1n) is 13.8. The zero-order valence-electron chi connectivity index (χ0n) is 24.6. The lowest BCUT2D eigenvalue weighted by Gasteiger charge is -2.23. The summed E-state index contributed by atoms with van der Waals surface area (Å²) in [6.45, 7) is 0.167. The van der Waals surface area contributed by atoms with Crippen LogP contribution in [0.4, 0.5) is 10.1 Å². The minimum absolute atomic E-state index is 0.158. The number of ether oxygens (including phenoxy) is 1. The van der Waals surface area contributed by atoms with Crippen LogP contribution < -0.4 is 19.9 Å². The van der Waals surface area contributed by atoms with Crippen LogP contribution in [0.1, 0.15) is 10.4 Å². The number of carbonyl (C=O) groups excluding carboxylic acids is 1. The smallest absolute Gasteiger partial charge is 0.255 e. The molecular formula is C32H26FN5O6S. The lowest BCUT2D eigenvalue weighted by molar-refractivity contribution is 0.0964. The van der Waals surface area contributed by atoms with Gasteiger partial charge in [-0.15, -0.1) is 0 Å². The van der Waals surface area contributed by atoms with Crippen LogP contribution in [0.15, 0.2) is 76.1 Å². The molecular weight excluding hydrogens is 601 g/mol. The number of nitrogens with one attached hydrogen (secondary N) is 1. The molecule has 0 spiro atoms. The Morgan fingerprint density at radius 3 is 2.62 bits per heavy atom. The molecule has 1 aliphatic rings. The van der Waals surface area contributed by atoms with Gasteiger partial charge in [-0.2, -0.15) is 0 Å². The van der Waals surface area contributed by atoms with Gasteiger partial charge in [0.2, 0.25) is 10.0 Å². The van der Waals surface area contributed by atoms with E-state index in [1.54, 1.807) is 55.7 Å². The minimum Gasteiger partial charge on any atom is -0.470 e. The molecule has 2 aromatic carbocycles. The third-order valence-electron chi connectivity index (χ3n) is 8.08. The third kappa shape index (κ3) is 4.46. The Hall–Kier alpha value is -5.43. The molecule has 1 aliphatic heterocycles. The molecule has 1 N–H and O–H groups in total. The summed E-state index contributed by atoms with van der Waals surface area (Å²) >= 11 is 0. The molecule has 0 saturated heterocycles. The summed E-state index contributed by atoms with van der Waals surface area (Å²) in [5, 5.41) is 3.44. The van der Waals surface area contributed by atoms with Gasteiger partial charge in [-0.1, -0.05) is 6.07 Å². The summed E-state index contributed by atoms with van der Waals surface area (Å²) in [6, 6.07) is 16.2. The van der Waals surface area contributed by atoms with Crippen molar-refractivity contribution in [3.63, 3.8) is 0 Å². The Morgan fingerprint density at radius 2 is 1.89 bits per heavy atom. The number of hydrogen-bond acceptors (Lipinski definition) is 7. The highest BCUT2D eigenvalue weighted by Gasteiger charge is 2.28. The zero-order chi connectivity index (χ0) is 31.8. The first-order valence-corrected chi connectivity index (χ1v) is 15.7. The van der Waals surface area contributed by atoms with E-state index in [9.17, 15) is 22.4 Å². The number of furan rings is 1. The Labute approximate surface area is 256 Å². The molecule has 11 nitrogen and oxygen atoms in total. The number of rotatable bonds is 5. The van der Waals surface area contributed by atoms with E-state index in [-0.39, 0.29) is 40.7 Å². The van der Waals surface area contributed by atoms with E-state index in [1.807, 2.05) is 4.57 Å². The van der Waals surface area contributed by atoms with Crippen LogP contribution >= 0.6 is 0 Å². The van der Waals surface area contributed by atoms with Crippen molar-refractivity contribution in [1.29, 1.82) is 0 Å². The fraction of sp³-hybridized carbons (Fsp3) is 0.156. The van der Waals surface area contributed by atoms with Crippen LogP contribution in [0.3, 0.4) is 0 Å². The van der Waals surface area contributed by atoms with Crippen molar-refractivity contribution in [1.82, 2.24) is 19.4 Å². The van der Waals surface area contributed by atoms with Crippen LogP contribution in [0.25, 0.3) is 55.8 Å². The van der Waals surface area contributed by atoms with Crippen molar-refractivity contribution < 1.29 is 26.8 Å². The van der Waals surface area contributed by atoms with Gasteiger partial charge in [0.15, 0.2) is 6.73 Å². The van der Waals surface area contributed by atoms with E-state index < -0.39 is 15.9 Å². The molecule has 1 amide bonds. The monoisotopic (exact) mass is 627 g/mol. The molecule has 45 heavy (non-hydrogen) atoms. The maximum atomic E-state index is 14.7. The quantitative estimate of drug-likeness (QED) is 0.293. The van der Waals surface area contributed by atoms with Crippen LogP contribution in [-0.4, -0.2) is 48.8 Å². The average molecular weight is 628 g/mol. The number of nitrogens with zero attached hydrogens (tertiary/aromatic N) is 4. The van der Waals surface area contributed by atoms with E-state index in [0.717, 1.165) is 10.6 Å². The number of aromatic nitrogens is 3. The Balaban J connectivity index is 1.50. The minimum atomic E-state index is -3.76. The molecule has 7 rings (SSSR count). The van der Waals surface area contributed by atoms with E-state index in [0.29, 0.717) is 50.2 Å². The summed E-state index contributed by atoms with van der Waals surface area (Å²) < 4.78 is 56.8. The highest BCUT2D eigenvalue weighted by molar-refractivity contribution is 7.92. The molecule has 0 saturated carbocycles. The van der Waals surface area contributed by atoms with Crippen LogP contribution in [-0.2, 0) is 23.8 Å². The van der Waals surface area contributed by atoms with Crippen molar-refractivity contribution in [2.24, 2.45) is 7.05 Å². The summed E-state index contributed by atoms with van der Waals surface area (Å²) in [6.07, 6.45) is 2.64. The first kappa shape index (κ1) is 28.3. The van der Waals surface area contributed by atoms with E-state index in [4.69, 9.17) is 14.1 Å². The van der Waals surface area contributed by atoms with Crippen LogP contribution in [0.5, 0.6) is 5.75 Å². The fourth-order valence-corrected chi connectivity index (χ4v) is 6.14. The Kier molecular flexibility index (Phi) is 6.34. The number of halogens is 1. The summed E-state index contributed by atoms with van der Waals surface area (Å²) in [7, 11) is 0.738. The number of fused-ring (bicyclic) bond motifs is 6. The van der Waals surface area contributed by atoms with Crippen molar-refractivity contribution in [3.05, 3.63) is 88.6 Å². The molecule has 0 radical (unpaired) electrons. The van der Waals surface area contributed by atoms with Gasteiger partial charge in [-0.3, -0.25) is 13.9 Å². The molecule has 0 fully saturated rings. The van der Waals surface area contributed by atoms with Gasteiger partial charge in [0.1, 0.15) is 28.6 Å². The molecule has 0 atom stereocenters. The van der Waals surface area contributed by atoms with Gasteiger partial charge in [0.25, 0.3) is 11.5 Å². The van der Waals surface area contributed by atoms with Crippen molar-refractivity contribution in [2.75, 3.05) is 24.7 Å². The van der Waals surface area contributed by atoms with Crippen molar-refractivity contribution >= 4 is 43.5 Å². The molecule has 0 unspecified atom stereocenters. The largest absolute Gasteiger partial charge is 0.470 e. The van der Waals surface area contributed by atoms with Crippen LogP contribution in [0.2, 0.25) is 0 Å². The molecule has 228 valence electrons. The summed E-state index contributed by atoms with van der Waals surface area (Å²) in [5.74, 6) is -0.192. The van der Waals surface area contributed by atoms with Crippen LogP contribution in [0, 0.1) is 5.82 Å². The second-order valence-corrected chi connectivity index (χ2v) is 12.8. The predicted octanol–water partition coefficient (Wildman–Crippen LogP) is 4.73. The maximum absolute atomic E-state index is 14.7. The zero-order valence-corrected chi connectivity index (χ0v) is 25.4. The van der Waals surface area contributed by atoms with Gasteiger partial charge >= 0.3 is 0 Å². The second-order valence-electron chi connectivity index (χ2n) is 10.8. The number of hydrogen-bond donors (Lipinski definition) is 1. The van der Waals surface area contributed by atoms with Gasteiger partial charge in [-0.25, -0.2) is 17.8 Å². The first-order chi connectivity index (χ1) is 21.5. The molecule has 5 heterocycles. The van der Waals surface area contributed by atoms with Crippen molar-refractivity contribution in [2.45, 2.75) is 6.73 Å². The highest BCUT2D eigenvalue weighted by atomic mass is 32.2. The number of aryl methyl sites for hydroxylation is 1. The average Bonchev–Trinajstić information content (AvgIpc) is 3.60. The van der Waals surface area contributed by atoms with E-state index in [2.05, 4.69) is 5.32 Å². The predicted molar refractivity (Wildman–Crippen MR) is 168 cm³/mol. The van der Waals surface area contributed by atoms with E-state index in [1.165, 1.54) is 36.9 Å². The maximum Gasteiger partial charge on any atom is 0.255 e. The molecule has 13 heteroatoms. The molecule has 0 bridgehead atoms.